The number of guanidine groups is 1. The highest BCUT2D eigenvalue weighted by Gasteiger charge is 2.02. The Bertz CT molecular complexity index is 675. The minimum absolute atomic E-state index is 0. The SMILES string of the molecule is CCc1nncn1CCNC(=NC)NCCCOc1ccc(OC)cc1.I. The quantitative estimate of drug-likeness (QED) is 0.231. The third kappa shape index (κ3) is 8.02. The number of halogens is 1. The third-order valence-electron chi connectivity index (χ3n) is 3.82. The number of hydrogen-bond donors (Lipinski definition) is 2. The number of hydrogen-bond acceptors (Lipinski definition) is 5. The van der Waals surface area contributed by atoms with E-state index in [1.54, 1.807) is 20.5 Å². The Balaban J connectivity index is 0.00000364. The number of benzene rings is 1. The molecule has 9 heteroatoms. The van der Waals surface area contributed by atoms with Gasteiger partial charge >= 0.3 is 0 Å². The molecule has 0 spiro atoms. The van der Waals surface area contributed by atoms with Gasteiger partial charge in [0.05, 0.1) is 13.7 Å². The first-order valence-corrected chi connectivity index (χ1v) is 8.84. The minimum atomic E-state index is 0. The van der Waals surface area contributed by atoms with Crippen LogP contribution in [-0.4, -0.2) is 54.6 Å². The number of methoxy groups -OCH3 is 1. The van der Waals surface area contributed by atoms with E-state index in [-0.39, 0.29) is 24.0 Å². The zero-order valence-electron chi connectivity index (χ0n) is 16.1. The number of aryl methyl sites for hydroxylation is 1. The summed E-state index contributed by atoms with van der Waals surface area (Å²) >= 11 is 0. The highest BCUT2D eigenvalue weighted by Crippen LogP contribution is 2.16. The molecule has 27 heavy (non-hydrogen) atoms. The fourth-order valence-electron chi connectivity index (χ4n) is 2.40. The molecular formula is C18H29IN6O2. The van der Waals surface area contributed by atoms with E-state index in [0.717, 1.165) is 55.8 Å². The molecule has 8 nitrogen and oxygen atoms in total. The molecule has 0 fully saturated rings. The molecule has 1 aromatic carbocycles. The van der Waals surface area contributed by atoms with Crippen molar-refractivity contribution in [2.45, 2.75) is 26.3 Å². The predicted octanol–water partition coefficient (Wildman–Crippen LogP) is 2.10. The number of ether oxygens (including phenoxy) is 2. The first-order valence-electron chi connectivity index (χ1n) is 8.84. The van der Waals surface area contributed by atoms with E-state index in [2.05, 4.69) is 32.7 Å². The van der Waals surface area contributed by atoms with Crippen molar-refractivity contribution in [2.75, 3.05) is 33.9 Å². The van der Waals surface area contributed by atoms with Gasteiger partial charge in [-0.3, -0.25) is 4.99 Å². The van der Waals surface area contributed by atoms with Crippen LogP contribution in [0.5, 0.6) is 11.5 Å². The lowest BCUT2D eigenvalue weighted by Gasteiger charge is -2.13. The molecule has 1 heterocycles. The van der Waals surface area contributed by atoms with Gasteiger partial charge in [0.25, 0.3) is 0 Å². The van der Waals surface area contributed by atoms with E-state index in [9.17, 15) is 0 Å². The largest absolute Gasteiger partial charge is 0.497 e. The van der Waals surface area contributed by atoms with Gasteiger partial charge in [-0.2, -0.15) is 0 Å². The van der Waals surface area contributed by atoms with E-state index in [1.807, 2.05) is 28.8 Å². The van der Waals surface area contributed by atoms with Crippen LogP contribution in [0.2, 0.25) is 0 Å². The summed E-state index contributed by atoms with van der Waals surface area (Å²) in [5, 5.41) is 14.6. The van der Waals surface area contributed by atoms with Crippen LogP contribution in [0.3, 0.4) is 0 Å². The summed E-state index contributed by atoms with van der Waals surface area (Å²) in [7, 11) is 3.41. The van der Waals surface area contributed by atoms with Crippen LogP contribution >= 0.6 is 24.0 Å². The smallest absolute Gasteiger partial charge is 0.191 e. The Labute approximate surface area is 177 Å². The van der Waals surface area contributed by atoms with Crippen molar-refractivity contribution in [1.29, 1.82) is 0 Å². The molecule has 2 N–H and O–H groups in total. The second-order valence-electron chi connectivity index (χ2n) is 5.60. The summed E-state index contributed by atoms with van der Waals surface area (Å²) in [5.41, 5.74) is 0. The van der Waals surface area contributed by atoms with Crippen LogP contribution in [0, 0.1) is 0 Å². The highest BCUT2D eigenvalue weighted by molar-refractivity contribution is 14.0. The summed E-state index contributed by atoms with van der Waals surface area (Å²) in [6, 6.07) is 7.59. The fraction of sp³-hybridized carbons (Fsp3) is 0.500. The van der Waals surface area contributed by atoms with Gasteiger partial charge in [0, 0.05) is 33.1 Å². The predicted molar refractivity (Wildman–Crippen MR) is 117 cm³/mol. The van der Waals surface area contributed by atoms with Crippen molar-refractivity contribution < 1.29 is 9.47 Å². The number of aliphatic imine (C=N–C) groups is 1. The van der Waals surface area contributed by atoms with Gasteiger partial charge in [0.2, 0.25) is 0 Å². The van der Waals surface area contributed by atoms with E-state index < -0.39 is 0 Å². The van der Waals surface area contributed by atoms with E-state index in [4.69, 9.17) is 9.47 Å². The molecule has 1 aromatic heterocycles. The van der Waals surface area contributed by atoms with Gasteiger partial charge in [-0.25, -0.2) is 0 Å². The maximum absolute atomic E-state index is 5.70. The van der Waals surface area contributed by atoms with Crippen LogP contribution in [-0.2, 0) is 13.0 Å². The first kappa shape index (κ1) is 23.0. The van der Waals surface area contributed by atoms with Crippen LogP contribution in [0.4, 0.5) is 0 Å². The molecule has 150 valence electrons. The van der Waals surface area contributed by atoms with Crippen LogP contribution < -0.4 is 20.1 Å². The van der Waals surface area contributed by atoms with Crippen molar-refractivity contribution >= 4 is 29.9 Å². The van der Waals surface area contributed by atoms with Crippen LogP contribution in [0.1, 0.15) is 19.2 Å². The molecule has 0 unspecified atom stereocenters. The summed E-state index contributed by atoms with van der Waals surface area (Å²) in [6.45, 7) is 5.05. The topological polar surface area (TPSA) is 85.6 Å². The second-order valence-corrected chi connectivity index (χ2v) is 5.60. The summed E-state index contributed by atoms with van der Waals surface area (Å²) in [6.07, 6.45) is 3.51. The third-order valence-corrected chi connectivity index (χ3v) is 3.82. The van der Waals surface area contributed by atoms with Crippen molar-refractivity contribution in [3.63, 3.8) is 0 Å². The molecule has 0 radical (unpaired) electrons. The normalized spacial score (nSPS) is 10.9. The fourth-order valence-corrected chi connectivity index (χ4v) is 2.40. The van der Waals surface area contributed by atoms with Gasteiger partial charge in [0.15, 0.2) is 5.96 Å². The lowest BCUT2D eigenvalue weighted by Crippen LogP contribution is -2.39. The molecular weight excluding hydrogens is 459 g/mol. The Morgan fingerprint density at radius 3 is 2.52 bits per heavy atom. The lowest BCUT2D eigenvalue weighted by atomic mass is 10.3. The van der Waals surface area contributed by atoms with E-state index in [0.29, 0.717) is 6.61 Å². The summed E-state index contributed by atoms with van der Waals surface area (Å²) in [5.74, 6) is 3.44. The van der Waals surface area contributed by atoms with Gasteiger partial charge in [-0.1, -0.05) is 6.92 Å². The standard InChI is InChI=1S/C18H28N6O2.HI/c1-4-17-23-22-14-24(17)12-11-21-18(19-2)20-10-5-13-26-16-8-6-15(25-3)7-9-16;/h6-9,14H,4-5,10-13H2,1-3H3,(H2,19,20,21);1H. The molecule has 0 aliphatic carbocycles. The second kappa shape index (κ2) is 13.2. The zero-order valence-corrected chi connectivity index (χ0v) is 18.5. The molecule has 0 saturated carbocycles. The van der Waals surface area contributed by atoms with Crippen molar-refractivity contribution in [3.8, 4) is 11.5 Å². The number of nitrogens with zero attached hydrogens (tertiary/aromatic N) is 4. The average molecular weight is 488 g/mol. The number of aromatic nitrogens is 3. The van der Waals surface area contributed by atoms with Gasteiger partial charge in [-0.15, -0.1) is 34.2 Å². The molecule has 0 amide bonds. The van der Waals surface area contributed by atoms with Gasteiger partial charge < -0.3 is 24.7 Å². The monoisotopic (exact) mass is 488 g/mol. The first-order chi connectivity index (χ1) is 12.8. The van der Waals surface area contributed by atoms with E-state index in [1.165, 1.54) is 0 Å². The Kier molecular flexibility index (Phi) is 11.2. The summed E-state index contributed by atoms with van der Waals surface area (Å²) in [4.78, 5) is 4.22. The van der Waals surface area contributed by atoms with Gasteiger partial charge in [-0.05, 0) is 30.7 Å². The van der Waals surface area contributed by atoms with Crippen molar-refractivity contribution in [3.05, 3.63) is 36.4 Å². The minimum Gasteiger partial charge on any atom is -0.497 e. The van der Waals surface area contributed by atoms with Gasteiger partial charge in [0.1, 0.15) is 23.7 Å². The molecule has 0 bridgehead atoms. The van der Waals surface area contributed by atoms with Crippen molar-refractivity contribution in [1.82, 2.24) is 25.4 Å². The molecule has 2 aromatic rings. The number of nitrogens with one attached hydrogen (secondary N) is 2. The Morgan fingerprint density at radius 1 is 1.15 bits per heavy atom. The van der Waals surface area contributed by atoms with Crippen LogP contribution in [0.25, 0.3) is 0 Å². The Hall–Kier alpha value is -2.04. The molecule has 0 saturated heterocycles. The summed E-state index contributed by atoms with van der Waals surface area (Å²) < 4.78 is 12.9. The average Bonchev–Trinajstić information content (AvgIpc) is 3.14. The zero-order chi connectivity index (χ0) is 18.6. The number of rotatable bonds is 10. The molecule has 2 rings (SSSR count). The molecule has 0 aliphatic heterocycles. The van der Waals surface area contributed by atoms with Crippen LogP contribution in [0.15, 0.2) is 35.6 Å². The lowest BCUT2D eigenvalue weighted by molar-refractivity contribution is 0.310. The maximum atomic E-state index is 5.70. The van der Waals surface area contributed by atoms with E-state index >= 15 is 0 Å². The highest BCUT2D eigenvalue weighted by atomic mass is 127. The maximum Gasteiger partial charge on any atom is 0.191 e. The Morgan fingerprint density at radius 2 is 1.85 bits per heavy atom. The molecule has 0 atom stereocenters. The van der Waals surface area contributed by atoms with Crippen molar-refractivity contribution in [2.24, 2.45) is 4.99 Å². The molecule has 0 aliphatic rings.